The number of fused-ring (bicyclic) bond motifs is 1. The molecule has 108 valence electrons. The third-order valence-electron chi connectivity index (χ3n) is 3.18. The summed E-state index contributed by atoms with van der Waals surface area (Å²) in [6.45, 7) is 0. The van der Waals surface area contributed by atoms with Gasteiger partial charge >= 0.3 is 0 Å². The van der Waals surface area contributed by atoms with Crippen LogP contribution in [0.4, 0.5) is 0 Å². The highest BCUT2D eigenvalue weighted by Gasteiger charge is 2.24. The minimum absolute atomic E-state index is 0.116. The molecule has 5 nitrogen and oxygen atoms in total. The molecular weight excluding hydrogens is 312 g/mol. The van der Waals surface area contributed by atoms with E-state index in [0.29, 0.717) is 16.5 Å². The Kier molecular flexibility index (Phi) is 3.43. The maximum absolute atomic E-state index is 12.4. The molecule has 0 bridgehead atoms. The molecule has 3 rings (SSSR count). The van der Waals surface area contributed by atoms with E-state index in [1.54, 1.807) is 24.3 Å². The summed E-state index contributed by atoms with van der Waals surface area (Å²) >= 11 is 5.93. The number of carbonyl (C=O) groups excluding carboxylic acids is 1. The highest BCUT2D eigenvalue weighted by molar-refractivity contribution is 7.94. The van der Waals surface area contributed by atoms with Crippen molar-refractivity contribution in [3.05, 3.63) is 52.5 Å². The maximum atomic E-state index is 12.4. The minimum atomic E-state index is -3.21. The summed E-state index contributed by atoms with van der Waals surface area (Å²) in [5, 5.41) is 4.69. The number of amides is 1. The summed E-state index contributed by atoms with van der Waals surface area (Å²) in [5.41, 5.74) is 0.994. The molecule has 1 amide bonds. The Balaban J connectivity index is 1.94. The molecule has 1 aromatic carbocycles. The lowest BCUT2D eigenvalue weighted by Crippen LogP contribution is -2.35. The zero-order chi connectivity index (χ0) is 15.0. The lowest BCUT2D eigenvalue weighted by molar-refractivity contribution is 0.0949. The highest BCUT2D eigenvalue weighted by atomic mass is 35.5. The minimum Gasteiger partial charge on any atom is -0.345 e. The molecule has 0 saturated heterocycles. The zero-order valence-electron chi connectivity index (χ0n) is 10.8. The van der Waals surface area contributed by atoms with E-state index in [2.05, 4.69) is 10.3 Å². The van der Waals surface area contributed by atoms with Crippen molar-refractivity contribution in [2.45, 2.75) is 6.04 Å². The van der Waals surface area contributed by atoms with Gasteiger partial charge in [-0.1, -0.05) is 29.8 Å². The third-order valence-corrected chi connectivity index (χ3v) is 4.77. The summed E-state index contributed by atoms with van der Waals surface area (Å²) in [7, 11) is -3.21. The quantitative estimate of drug-likeness (QED) is 0.857. The Bertz CT molecular complexity index is 862. The summed E-state index contributed by atoms with van der Waals surface area (Å²) in [6, 6.07) is 8.10. The molecule has 0 fully saturated rings. The van der Waals surface area contributed by atoms with Gasteiger partial charge in [-0.3, -0.25) is 4.79 Å². The number of carbonyl (C=O) groups is 1. The molecule has 1 N–H and O–H groups in total. The van der Waals surface area contributed by atoms with Crippen LogP contribution in [0.1, 0.15) is 10.4 Å². The molecule has 2 heterocycles. The largest absolute Gasteiger partial charge is 0.345 e. The van der Waals surface area contributed by atoms with Crippen LogP contribution in [0.25, 0.3) is 10.9 Å². The fourth-order valence-electron chi connectivity index (χ4n) is 2.24. The van der Waals surface area contributed by atoms with Gasteiger partial charge in [0, 0.05) is 10.8 Å². The molecule has 0 spiro atoms. The SMILES string of the molecule is O=C(NC1C=CS(=O)(=O)C1)c1cc(Cl)nc2ccccc12. The van der Waals surface area contributed by atoms with E-state index in [4.69, 9.17) is 11.6 Å². The van der Waals surface area contributed by atoms with Crippen LogP contribution in [-0.4, -0.2) is 31.1 Å². The highest BCUT2D eigenvalue weighted by Crippen LogP contribution is 2.21. The molecule has 7 heteroatoms. The van der Waals surface area contributed by atoms with Gasteiger partial charge in [-0.25, -0.2) is 13.4 Å². The van der Waals surface area contributed by atoms with Crippen LogP contribution in [0.2, 0.25) is 5.15 Å². The predicted molar refractivity (Wildman–Crippen MR) is 80.9 cm³/mol. The van der Waals surface area contributed by atoms with Crippen LogP contribution in [0.5, 0.6) is 0 Å². The van der Waals surface area contributed by atoms with E-state index in [-0.39, 0.29) is 16.8 Å². The first kappa shape index (κ1) is 14.0. The maximum Gasteiger partial charge on any atom is 0.252 e. The number of rotatable bonds is 2. The van der Waals surface area contributed by atoms with Gasteiger partial charge in [0.1, 0.15) is 5.15 Å². The van der Waals surface area contributed by atoms with Gasteiger partial charge < -0.3 is 5.32 Å². The number of hydrogen-bond donors (Lipinski definition) is 1. The zero-order valence-corrected chi connectivity index (χ0v) is 12.4. The van der Waals surface area contributed by atoms with Gasteiger partial charge in [-0.2, -0.15) is 0 Å². The van der Waals surface area contributed by atoms with Gasteiger partial charge in [-0.05, 0) is 18.2 Å². The Labute approximate surface area is 126 Å². The molecular formula is C14H11ClN2O3S. The van der Waals surface area contributed by atoms with E-state index >= 15 is 0 Å². The molecule has 1 aromatic heterocycles. The van der Waals surface area contributed by atoms with Crippen molar-refractivity contribution in [2.24, 2.45) is 0 Å². The first-order chi connectivity index (χ1) is 9.94. The van der Waals surface area contributed by atoms with Crippen molar-refractivity contribution >= 4 is 38.2 Å². The monoisotopic (exact) mass is 322 g/mol. The number of pyridine rings is 1. The van der Waals surface area contributed by atoms with Crippen molar-refractivity contribution in [1.82, 2.24) is 10.3 Å². The molecule has 0 aliphatic carbocycles. The van der Waals surface area contributed by atoms with Gasteiger partial charge in [0.25, 0.3) is 5.91 Å². The molecule has 1 aliphatic heterocycles. The smallest absolute Gasteiger partial charge is 0.252 e. The normalized spacial score (nSPS) is 19.8. The topological polar surface area (TPSA) is 76.1 Å². The van der Waals surface area contributed by atoms with E-state index in [0.717, 1.165) is 5.41 Å². The summed E-state index contributed by atoms with van der Waals surface area (Å²) < 4.78 is 22.7. The van der Waals surface area contributed by atoms with Crippen molar-refractivity contribution in [2.75, 3.05) is 5.75 Å². The molecule has 1 aliphatic rings. The Hall–Kier alpha value is -1.92. The van der Waals surface area contributed by atoms with Crippen molar-refractivity contribution in [3.63, 3.8) is 0 Å². The first-order valence-electron chi connectivity index (χ1n) is 6.22. The Morgan fingerprint density at radius 2 is 2.10 bits per heavy atom. The van der Waals surface area contributed by atoms with Gasteiger partial charge in [0.15, 0.2) is 9.84 Å². The second-order valence-corrected chi connectivity index (χ2v) is 7.07. The third kappa shape index (κ3) is 2.91. The van der Waals surface area contributed by atoms with E-state index in [1.165, 1.54) is 12.1 Å². The molecule has 0 radical (unpaired) electrons. The van der Waals surface area contributed by atoms with Crippen LogP contribution in [-0.2, 0) is 9.84 Å². The van der Waals surface area contributed by atoms with E-state index in [1.807, 2.05) is 0 Å². The number of nitrogens with one attached hydrogen (secondary N) is 1. The Morgan fingerprint density at radius 3 is 2.81 bits per heavy atom. The molecule has 21 heavy (non-hydrogen) atoms. The second-order valence-electron chi connectivity index (χ2n) is 4.75. The summed E-state index contributed by atoms with van der Waals surface area (Å²) in [6.07, 6.45) is 1.47. The standard InChI is InChI=1S/C14H11ClN2O3S/c15-13-7-11(10-3-1-2-4-12(10)17-13)14(18)16-9-5-6-21(19,20)8-9/h1-7,9H,8H2,(H,16,18). The van der Waals surface area contributed by atoms with Crippen LogP contribution in [0.3, 0.4) is 0 Å². The van der Waals surface area contributed by atoms with Crippen molar-refractivity contribution in [1.29, 1.82) is 0 Å². The number of hydrogen-bond acceptors (Lipinski definition) is 4. The van der Waals surface area contributed by atoms with Gasteiger partial charge in [0.2, 0.25) is 0 Å². The van der Waals surface area contributed by atoms with Crippen LogP contribution in [0, 0.1) is 0 Å². The number of aromatic nitrogens is 1. The summed E-state index contributed by atoms with van der Waals surface area (Å²) in [5.74, 6) is -0.489. The number of para-hydroxylation sites is 1. The predicted octanol–water partition coefficient (Wildman–Crippen LogP) is 1.93. The average Bonchev–Trinajstić information content (AvgIpc) is 2.76. The van der Waals surface area contributed by atoms with Crippen molar-refractivity contribution < 1.29 is 13.2 Å². The lowest BCUT2D eigenvalue weighted by atomic mass is 10.1. The van der Waals surface area contributed by atoms with Crippen LogP contribution in [0.15, 0.2) is 41.8 Å². The summed E-state index contributed by atoms with van der Waals surface area (Å²) in [4.78, 5) is 16.5. The fraction of sp³-hybridized carbons (Fsp3) is 0.143. The number of sulfone groups is 1. The fourth-order valence-corrected chi connectivity index (χ4v) is 3.68. The van der Waals surface area contributed by atoms with Crippen molar-refractivity contribution in [3.8, 4) is 0 Å². The number of benzene rings is 1. The first-order valence-corrected chi connectivity index (χ1v) is 8.31. The molecule has 1 atom stereocenters. The second kappa shape index (κ2) is 5.13. The number of nitrogens with zero attached hydrogens (tertiary/aromatic N) is 1. The van der Waals surface area contributed by atoms with Crippen LogP contribution >= 0.6 is 11.6 Å². The van der Waals surface area contributed by atoms with Crippen LogP contribution < -0.4 is 5.32 Å². The average molecular weight is 323 g/mol. The Morgan fingerprint density at radius 1 is 1.33 bits per heavy atom. The molecule has 1 unspecified atom stereocenters. The molecule has 2 aromatic rings. The molecule has 0 saturated carbocycles. The lowest BCUT2D eigenvalue weighted by Gasteiger charge is -2.12. The van der Waals surface area contributed by atoms with E-state index < -0.39 is 15.9 Å². The van der Waals surface area contributed by atoms with E-state index in [9.17, 15) is 13.2 Å². The van der Waals surface area contributed by atoms with Gasteiger partial charge in [0.05, 0.1) is 22.9 Å². The van der Waals surface area contributed by atoms with Gasteiger partial charge in [-0.15, -0.1) is 0 Å². The number of halogens is 1.